The van der Waals surface area contributed by atoms with E-state index in [0.29, 0.717) is 16.7 Å². The van der Waals surface area contributed by atoms with Crippen LogP contribution in [-0.2, 0) is 0 Å². The second-order valence-corrected chi connectivity index (χ2v) is 6.95. The van der Waals surface area contributed by atoms with Gasteiger partial charge in [0.15, 0.2) is 0 Å². The lowest BCUT2D eigenvalue weighted by atomic mass is 10.2. The number of likely N-dealkylation sites (tertiary alicyclic amines) is 1. The van der Waals surface area contributed by atoms with Crippen LogP contribution in [0.15, 0.2) is 24.3 Å². The summed E-state index contributed by atoms with van der Waals surface area (Å²) in [6, 6.07) is 7.36. The molecular formula is C19H23ClN4O. The zero-order valence-electron chi connectivity index (χ0n) is 14.7. The van der Waals surface area contributed by atoms with Crippen molar-refractivity contribution in [3.63, 3.8) is 0 Å². The minimum atomic E-state index is -0.0155. The number of rotatable bonds is 3. The Kier molecular flexibility index (Phi) is 5.53. The molecule has 2 heterocycles. The first-order valence-electron chi connectivity index (χ1n) is 8.71. The minimum Gasteiger partial charge on any atom is -0.337 e. The van der Waals surface area contributed by atoms with Crippen LogP contribution in [0.5, 0.6) is 0 Å². The van der Waals surface area contributed by atoms with Crippen LogP contribution in [0, 0.1) is 13.8 Å². The highest BCUT2D eigenvalue weighted by atomic mass is 35.5. The van der Waals surface area contributed by atoms with E-state index in [1.54, 1.807) is 6.07 Å². The predicted molar refractivity (Wildman–Crippen MR) is 101 cm³/mol. The highest BCUT2D eigenvalue weighted by molar-refractivity contribution is 6.30. The second-order valence-electron chi connectivity index (χ2n) is 6.51. The molecule has 1 amide bonds. The maximum Gasteiger partial charge on any atom is 0.272 e. The third-order valence-electron chi connectivity index (χ3n) is 4.41. The number of carbonyl (C=O) groups is 1. The van der Waals surface area contributed by atoms with Gasteiger partial charge < -0.3 is 10.2 Å². The molecule has 0 atom stereocenters. The minimum absolute atomic E-state index is 0.0155. The van der Waals surface area contributed by atoms with Crippen LogP contribution in [0.25, 0.3) is 0 Å². The summed E-state index contributed by atoms with van der Waals surface area (Å²) in [7, 11) is 0. The van der Waals surface area contributed by atoms with E-state index < -0.39 is 0 Å². The third-order valence-corrected chi connectivity index (χ3v) is 4.65. The number of amides is 1. The lowest BCUT2D eigenvalue weighted by molar-refractivity contribution is 0.0755. The van der Waals surface area contributed by atoms with Crippen molar-refractivity contribution in [2.24, 2.45) is 0 Å². The molecule has 0 unspecified atom stereocenters. The van der Waals surface area contributed by atoms with Gasteiger partial charge in [-0.25, -0.2) is 9.97 Å². The van der Waals surface area contributed by atoms with E-state index in [4.69, 9.17) is 11.6 Å². The number of nitrogens with one attached hydrogen (secondary N) is 1. The van der Waals surface area contributed by atoms with Crippen LogP contribution in [0.2, 0.25) is 5.02 Å². The van der Waals surface area contributed by atoms with Gasteiger partial charge in [-0.2, -0.15) is 0 Å². The first-order valence-corrected chi connectivity index (χ1v) is 9.09. The van der Waals surface area contributed by atoms with Crippen LogP contribution in [0.3, 0.4) is 0 Å². The fourth-order valence-electron chi connectivity index (χ4n) is 3.02. The number of halogens is 1. The zero-order valence-corrected chi connectivity index (χ0v) is 15.4. The zero-order chi connectivity index (χ0) is 17.8. The summed E-state index contributed by atoms with van der Waals surface area (Å²) < 4.78 is 0. The van der Waals surface area contributed by atoms with Crippen molar-refractivity contribution in [3.8, 4) is 0 Å². The number of carbonyl (C=O) groups excluding carboxylic acids is 1. The van der Waals surface area contributed by atoms with E-state index in [1.807, 2.05) is 36.9 Å². The molecule has 0 bridgehead atoms. The molecule has 1 aromatic carbocycles. The van der Waals surface area contributed by atoms with Gasteiger partial charge in [0.05, 0.1) is 0 Å². The van der Waals surface area contributed by atoms with Gasteiger partial charge in [0.25, 0.3) is 5.91 Å². The molecule has 2 aromatic rings. The summed E-state index contributed by atoms with van der Waals surface area (Å²) in [5, 5.41) is 3.83. The van der Waals surface area contributed by atoms with Gasteiger partial charge in [-0.15, -0.1) is 0 Å². The van der Waals surface area contributed by atoms with Crippen molar-refractivity contribution >= 4 is 29.1 Å². The molecule has 0 aliphatic carbocycles. The van der Waals surface area contributed by atoms with Gasteiger partial charge in [0.2, 0.25) is 5.95 Å². The molecule has 5 nitrogen and oxygen atoms in total. The standard InChI is InChI=1S/C19H23ClN4O/c1-13-7-8-15(20)12-16(13)22-19-21-14(2)11-17(23-19)18(25)24-9-5-3-4-6-10-24/h7-8,11-12H,3-6,9-10H2,1-2H3,(H,21,22,23). The monoisotopic (exact) mass is 358 g/mol. The number of anilines is 2. The molecular weight excluding hydrogens is 336 g/mol. The molecule has 1 aromatic heterocycles. The topological polar surface area (TPSA) is 58.1 Å². The van der Waals surface area contributed by atoms with Crippen LogP contribution < -0.4 is 5.32 Å². The van der Waals surface area contributed by atoms with Crippen molar-refractivity contribution in [2.75, 3.05) is 18.4 Å². The lowest BCUT2D eigenvalue weighted by Gasteiger charge is -2.20. The van der Waals surface area contributed by atoms with Crippen molar-refractivity contribution in [3.05, 3.63) is 46.2 Å². The molecule has 1 fully saturated rings. The molecule has 0 spiro atoms. The van der Waals surface area contributed by atoms with Crippen LogP contribution >= 0.6 is 11.6 Å². The van der Waals surface area contributed by atoms with E-state index in [2.05, 4.69) is 15.3 Å². The maximum atomic E-state index is 12.8. The summed E-state index contributed by atoms with van der Waals surface area (Å²) >= 11 is 6.07. The maximum absolute atomic E-state index is 12.8. The Hall–Kier alpha value is -2.14. The first-order chi connectivity index (χ1) is 12.0. The number of aromatic nitrogens is 2. The lowest BCUT2D eigenvalue weighted by Crippen LogP contribution is -2.32. The largest absolute Gasteiger partial charge is 0.337 e. The molecule has 1 N–H and O–H groups in total. The summed E-state index contributed by atoms with van der Waals surface area (Å²) in [6.45, 7) is 5.46. The summed E-state index contributed by atoms with van der Waals surface area (Å²) in [5.41, 5.74) is 3.08. The Labute approximate surface area is 153 Å². The Bertz CT molecular complexity index is 770. The first kappa shape index (κ1) is 17.7. The average Bonchev–Trinajstić information content (AvgIpc) is 2.86. The van der Waals surface area contributed by atoms with E-state index in [1.165, 1.54) is 12.8 Å². The fourth-order valence-corrected chi connectivity index (χ4v) is 3.19. The van der Waals surface area contributed by atoms with Crippen molar-refractivity contribution < 1.29 is 4.79 Å². The van der Waals surface area contributed by atoms with E-state index >= 15 is 0 Å². The summed E-state index contributed by atoms with van der Waals surface area (Å²) in [5.74, 6) is 0.404. The van der Waals surface area contributed by atoms with Gasteiger partial charge in [0.1, 0.15) is 5.69 Å². The van der Waals surface area contributed by atoms with Crippen molar-refractivity contribution in [2.45, 2.75) is 39.5 Å². The van der Waals surface area contributed by atoms with Gasteiger partial charge >= 0.3 is 0 Å². The SMILES string of the molecule is Cc1cc(C(=O)N2CCCCCC2)nc(Nc2cc(Cl)ccc2C)n1. The average molecular weight is 359 g/mol. The Morgan fingerprint density at radius 1 is 1.08 bits per heavy atom. The normalized spacial score (nSPS) is 14.9. The molecule has 1 aliphatic rings. The number of hydrogen-bond donors (Lipinski definition) is 1. The smallest absolute Gasteiger partial charge is 0.272 e. The molecule has 1 aliphatic heterocycles. The Morgan fingerprint density at radius 2 is 1.80 bits per heavy atom. The van der Waals surface area contributed by atoms with Crippen LogP contribution in [0.1, 0.15) is 47.4 Å². The number of nitrogens with zero attached hydrogens (tertiary/aromatic N) is 3. The van der Waals surface area contributed by atoms with Gasteiger partial charge in [-0.05, 0) is 50.5 Å². The molecule has 1 saturated heterocycles. The summed E-state index contributed by atoms with van der Waals surface area (Å²) in [4.78, 5) is 23.6. The number of aryl methyl sites for hydroxylation is 2. The van der Waals surface area contributed by atoms with Crippen molar-refractivity contribution in [1.82, 2.24) is 14.9 Å². The third kappa shape index (κ3) is 4.48. The Balaban J connectivity index is 1.84. The second kappa shape index (κ2) is 7.83. The molecule has 25 heavy (non-hydrogen) atoms. The van der Waals surface area contributed by atoms with Crippen LogP contribution in [-0.4, -0.2) is 33.9 Å². The van der Waals surface area contributed by atoms with E-state index in [0.717, 1.165) is 42.9 Å². The highest BCUT2D eigenvalue weighted by Gasteiger charge is 2.19. The molecule has 132 valence electrons. The van der Waals surface area contributed by atoms with Crippen molar-refractivity contribution in [1.29, 1.82) is 0 Å². The van der Waals surface area contributed by atoms with Crippen LogP contribution in [0.4, 0.5) is 11.6 Å². The predicted octanol–water partition coefficient (Wildman–Crippen LogP) is 4.51. The molecule has 0 saturated carbocycles. The highest BCUT2D eigenvalue weighted by Crippen LogP contribution is 2.23. The van der Waals surface area contributed by atoms with E-state index in [9.17, 15) is 4.79 Å². The molecule has 3 rings (SSSR count). The summed E-state index contributed by atoms with van der Waals surface area (Å²) in [6.07, 6.45) is 4.49. The van der Waals surface area contributed by atoms with E-state index in [-0.39, 0.29) is 5.91 Å². The van der Waals surface area contributed by atoms with Gasteiger partial charge in [-0.1, -0.05) is 30.5 Å². The fraction of sp³-hybridized carbons (Fsp3) is 0.421. The molecule has 0 radical (unpaired) electrons. The quantitative estimate of drug-likeness (QED) is 0.877. The number of benzene rings is 1. The molecule has 6 heteroatoms. The Morgan fingerprint density at radius 3 is 2.52 bits per heavy atom. The van der Waals surface area contributed by atoms with Gasteiger partial charge in [-0.3, -0.25) is 4.79 Å². The number of hydrogen-bond acceptors (Lipinski definition) is 4. The van der Waals surface area contributed by atoms with Gasteiger partial charge in [0, 0.05) is 29.5 Å².